The topological polar surface area (TPSA) is 41.1 Å². The molecular weight excluding hydrogens is 260 g/mol. The monoisotopic (exact) mass is 280 g/mol. The van der Waals surface area contributed by atoms with Gasteiger partial charge < -0.3 is 10.6 Å². The number of carbonyl (C=O) groups is 1. The number of hydrogen-bond donors (Lipinski definition) is 2. The molecule has 4 heteroatoms. The molecule has 0 spiro atoms. The molecule has 2 N–H and O–H groups in total. The van der Waals surface area contributed by atoms with Crippen molar-refractivity contribution in [2.24, 2.45) is 0 Å². The molecule has 1 aromatic rings. The Hall–Kier alpha value is -1.06. The number of nitrogens with one attached hydrogen (secondary N) is 2. The number of rotatable bonds is 3. The van der Waals surface area contributed by atoms with Crippen molar-refractivity contribution in [1.82, 2.24) is 10.6 Å². The molecule has 1 fully saturated rings. The molecule has 0 unspecified atom stereocenters. The first-order chi connectivity index (χ1) is 9.11. The van der Waals surface area contributed by atoms with Crippen molar-refractivity contribution in [3.63, 3.8) is 0 Å². The Labute approximate surface area is 119 Å². The summed E-state index contributed by atoms with van der Waals surface area (Å²) < 4.78 is 0. The standard InChI is InChI=1S/C15H21ClN2O/c1-10-13(4-3-5-14(10)16)15(19)18-12-8-6-11(17-2)7-9-12/h3-5,11-12,17H,6-9H2,1-2H3,(H,18,19). The lowest BCUT2D eigenvalue weighted by Gasteiger charge is -2.29. The maximum atomic E-state index is 12.3. The average Bonchev–Trinajstić information content (AvgIpc) is 2.42. The van der Waals surface area contributed by atoms with E-state index in [0.717, 1.165) is 31.2 Å². The van der Waals surface area contributed by atoms with Gasteiger partial charge in [-0.15, -0.1) is 0 Å². The van der Waals surface area contributed by atoms with Crippen molar-refractivity contribution in [3.8, 4) is 0 Å². The van der Waals surface area contributed by atoms with Crippen molar-refractivity contribution in [2.75, 3.05) is 7.05 Å². The fraction of sp³-hybridized carbons (Fsp3) is 0.533. The summed E-state index contributed by atoms with van der Waals surface area (Å²) in [4.78, 5) is 12.3. The zero-order valence-electron chi connectivity index (χ0n) is 11.5. The second kappa shape index (κ2) is 6.40. The molecule has 0 saturated heterocycles. The van der Waals surface area contributed by atoms with Crippen LogP contribution >= 0.6 is 11.6 Å². The van der Waals surface area contributed by atoms with Gasteiger partial charge in [0.15, 0.2) is 0 Å². The number of benzene rings is 1. The van der Waals surface area contributed by atoms with Gasteiger partial charge in [0.25, 0.3) is 5.91 Å². The highest BCUT2D eigenvalue weighted by Crippen LogP contribution is 2.21. The van der Waals surface area contributed by atoms with Crippen molar-refractivity contribution in [1.29, 1.82) is 0 Å². The quantitative estimate of drug-likeness (QED) is 0.894. The molecular formula is C15H21ClN2O. The summed E-state index contributed by atoms with van der Waals surface area (Å²) in [5.74, 6) is -0.00657. The lowest BCUT2D eigenvalue weighted by Crippen LogP contribution is -2.41. The van der Waals surface area contributed by atoms with Gasteiger partial charge in [-0.3, -0.25) is 4.79 Å². The Morgan fingerprint density at radius 2 is 1.84 bits per heavy atom. The predicted octanol–water partition coefficient (Wildman–Crippen LogP) is 2.91. The summed E-state index contributed by atoms with van der Waals surface area (Å²) in [6.45, 7) is 1.88. The maximum absolute atomic E-state index is 12.3. The Balaban J connectivity index is 1.96. The van der Waals surface area contributed by atoms with Crippen LogP contribution in [-0.4, -0.2) is 25.0 Å². The smallest absolute Gasteiger partial charge is 0.251 e. The minimum absolute atomic E-state index is 0.00657. The fourth-order valence-electron chi connectivity index (χ4n) is 2.64. The van der Waals surface area contributed by atoms with Gasteiger partial charge >= 0.3 is 0 Å². The van der Waals surface area contributed by atoms with E-state index in [1.54, 1.807) is 0 Å². The zero-order chi connectivity index (χ0) is 13.8. The molecule has 0 aromatic heterocycles. The summed E-state index contributed by atoms with van der Waals surface area (Å²) in [7, 11) is 2.00. The number of amides is 1. The normalized spacial score (nSPS) is 23.1. The Bertz CT molecular complexity index is 453. The van der Waals surface area contributed by atoms with Crippen molar-refractivity contribution in [2.45, 2.75) is 44.7 Å². The van der Waals surface area contributed by atoms with E-state index in [4.69, 9.17) is 11.6 Å². The Morgan fingerprint density at radius 3 is 2.47 bits per heavy atom. The molecule has 104 valence electrons. The van der Waals surface area contributed by atoms with Gasteiger partial charge in [-0.25, -0.2) is 0 Å². The first-order valence-corrected chi connectivity index (χ1v) is 7.23. The van der Waals surface area contributed by atoms with Gasteiger partial charge in [-0.1, -0.05) is 17.7 Å². The number of carbonyl (C=O) groups excluding carboxylic acids is 1. The highest BCUT2D eigenvalue weighted by atomic mass is 35.5. The van der Waals surface area contributed by atoms with Crippen molar-refractivity contribution < 1.29 is 4.79 Å². The van der Waals surface area contributed by atoms with Crippen LogP contribution in [0.2, 0.25) is 5.02 Å². The molecule has 3 nitrogen and oxygen atoms in total. The van der Waals surface area contributed by atoms with Crippen molar-refractivity contribution in [3.05, 3.63) is 34.3 Å². The van der Waals surface area contributed by atoms with Crippen LogP contribution in [0.15, 0.2) is 18.2 Å². The molecule has 2 rings (SSSR count). The largest absolute Gasteiger partial charge is 0.349 e. The first kappa shape index (κ1) is 14.4. The van der Waals surface area contributed by atoms with Crippen LogP contribution in [-0.2, 0) is 0 Å². The number of hydrogen-bond acceptors (Lipinski definition) is 2. The highest BCUT2D eigenvalue weighted by Gasteiger charge is 2.22. The summed E-state index contributed by atoms with van der Waals surface area (Å²) in [6, 6.07) is 6.35. The molecule has 1 aliphatic rings. The second-order valence-electron chi connectivity index (χ2n) is 5.22. The van der Waals surface area contributed by atoms with Gasteiger partial charge in [-0.05, 0) is 57.4 Å². The number of halogens is 1. The van der Waals surface area contributed by atoms with E-state index in [2.05, 4.69) is 10.6 Å². The minimum Gasteiger partial charge on any atom is -0.349 e. The fourth-order valence-corrected chi connectivity index (χ4v) is 2.82. The highest BCUT2D eigenvalue weighted by molar-refractivity contribution is 6.31. The van der Waals surface area contributed by atoms with Gasteiger partial charge in [-0.2, -0.15) is 0 Å². The van der Waals surface area contributed by atoms with E-state index in [0.29, 0.717) is 16.6 Å². The Morgan fingerprint density at radius 1 is 1.21 bits per heavy atom. The SMILES string of the molecule is CNC1CCC(NC(=O)c2cccc(Cl)c2C)CC1. The first-order valence-electron chi connectivity index (χ1n) is 6.85. The molecule has 0 atom stereocenters. The van der Waals surface area contributed by atoms with Crippen LogP contribution in [0, 0.1) is 6.92 Å². The lowest BCUT2D eigenvalue weighted by atomic mass is 9.91. The summed E-state index contributed by atoms with van der Waals surface area (Å²) >= 11 is 6.05. The van der Waals surface area contributed by atoms with E-state index >= 15 is 0 Å². The molecule has 0 heterocycles. The summed E-state index contributed by atoms with van der Waals surface area (Å²) in [5.41, 5.74) is 1.54. The van der Waals surface area contributed by atoms with E-state index in [-0.39, 0.29) is 11.9 Å². The average molecular weight is 281 g/mol. The van der Waals surface area contributed by atoms with Crippen LogP contribution in [0.25, 0.3) is 0 Å². The third-order valence-corrected chi connectivity index (χ3v) is 4.39. The second-order valence-corrected chi connectivity index (χ2v) is 5.63. The van der Waals surface area contributed by atoms with Gasteiger partial charge in [0.05, 0.1) is 0 Å². The minimum atomic E-state index is -0.00657. The zero-order valence-corrected chi connectivity index (χ0v) is 12.3. The summed E-state index contributed by atoms with van der Waals surface area (Å²) in [6.07, 6.45) is 4.32. The molecule has 0 bridgehead atoms. The molecule has 1 saturated carbocycles. The Kier molecular flexibility index (Phi) is 4.83. The van der Waals surface area contributed by atoms with E-state index in [1.807, 2.05) is 32.2 Å². The third-order valence-electron chi connectivity index (χ3n) is 3.98. The lowest BCUT2D eigenvalue weighted by molar-refractivity contribution is 0.0924. The third kappa shape index (κ3) is 3.48. The van der Waals surface area contributed by atoms with E-state index in [9.17, 15) is 4.79 Å². The van der Waals surface area contributed by atoms with Gasteiger partial charge in [0.2, 0.25) is 0 Å². The predicted molar refractivity (Wildman–Crippen MR) is 78.8 cm³/mol. The van der Waals surface area contributed by atoms with Gasteiger partial charge in [0, 0.05) is 22.7 Å². The van der Waals surface area contributed by atoms with Crippen molar-refractivity contribution >= 4 is 17.5 Å². The molecule has 1 aromatic carbocycles. The molecule has 1 aliphatic carbocycles. The van der Waals surface area contributed by atoms with Crippen LogP contribution < -0.4 is 10.6 Å². The summed E-state index contributed by atoms with van der Waals surface area (Å²) in [5, 5.41) is 7.06. The maximum Gasteiger partial charge on any atom is 0.251 e. The molecule has 1 amide bonds. The molecule has 0 radical (unpaired) electrons. The van der Waals surface area contributed by atoms with Crippen LogP contribution in [0.3, 0.4) is 0 Å². The van der Waals surface area contributed by atoms with E-state index < -0.39 is 0 Å². The van der Waals surface area contributed by atoms with Crippen LogP contribution in [0.4, 0.5) is 0 Å². The van der Waals surface area contributed by atoms with Gasteiger partial charge in [0.1, 0.15) is 0 Å². The molecule has 19 heavy (non-hydrogen) atoms. The van der Waals surface area contributed by atoms with Crippen LogP contribution in [0.1, 0.15) is 41.6 Å². The molecule has 0 aliphatic heterocycles. The van der Waals surface area contributed by atoms with Crippen LogP contribution in [0.5, 0.6) is 0 Å². The van der Waals surface area contributed by atoms with E-state index in [1.165, 1.54) is 0 Å².